The number of nitrogens with zero attached hydrogens (tertiary/aromatic N) is 3. The minimum absolute atomic E-state index is 0.0671. The second kappa shape index (κ2) is 8.22. The Bertz CT molecular complexity index is 1140. The van der Waals surface area contributed by atoms with Gasteiger partial charge >= 0.3 is 0 Å². The average molecular weight is 412 g/mol. The van der Waals surface area contributed by atoms with Crippen LogP contribution in [-0.4, -0.2) is 28.7 Å². The summed E-state index contributed by atoms with van der Waals surface area (Å²) in [6, 6.07) is 11.2. The predicted molar refractivity (Wildman–Crippen MR) is 111 cm³/mol. The molecule has 1 aromatic heterocycles. The monoisotopic (exact) mass is 412 g/mol. The van der Waals surface area contributed by atoms with E-state index in [1.165, 1.54) is 0 Å². The lowest BCUT2D eigenvalue weighted by atomic mass is 9.98. The van der Waals surface area contributed by atoms with Crippen LogP contribution >= 0.6 is 0 Å². The van der Waals surface area contributed by atoms with Gasteiger partial charge in [0.2, 0.25) is 11.9 Å². The zero-order valence-corrected chi connectivity index (χ0v) is 16.6. The van der Waals surface area contributed by atoms with E-state index in [2.05, 4.69) is 10.4 Å². The van der Waals surface area contributed by atoms with Crippen molar-refractivity contribution < 1.29 is 13.6 Å². The van der Waals surface area contributed by atoms with E-state index < -0.39 is 23.1 Å². The summed E-state index contributed by atoms with van der Waals surface area (Å²) in [4.78, 5) is 31.9. The minimum Gasteiger partial charge on any atom is -0.341 e. The van der Waals surface area contributed by atoms with E-state index in [1.807, 2.05) is 42.2 Å². The topological polar surface area (TPSA) is 67.2 Å². The first-order valence-corrected chi connectivity index (χ1v) is 9.95. The summed E-state index contributed by atoms with van der Waals surface area (Å²) < 4.78 is 29.0. The van der Waals surface area contributed by atoms with Gasteiger partial charge in [0.05, 0.1) is 5.52 Å². The van der Waals surface area contributed by atoms with E-state index in [0.717, 1.165) is 29.1 Å². The Kier molecular flexibility index (Phi) is 5.48. The summed E-state index contributed by atoms with van der Waals surface area (Å²) in [6.07, 6.45) is 1.95. The van der Waals surface area contributed by atoms with Gasteiger partial charge in [-0.15, -0.1) is 0 Å². The van der Waals surface area contributed by atoms with Crippen LogP contribution in [-0.2, 0) is 4.79 Å². The van der Waals surface area contributed by atoms with Crippen molar-refractivity contribution in [3.8, 4) is 0 Å². The van der Waals surface area contributed by atoms with Gasteiger partial charge in [0.15, 0.2) is 0 Å². The largest absolute Gasteiger partial charge is 0.341 e. The third-order valence-electron chi connectivity index (χ3n) is 5.36. The minimum atomic E-state index is -1.00. The molecule has 0 saturated carbocycles. The second-order valence-corrected chi connectivity index (χ2v) is 7.58. The maximum atomic E-state index is 14.3. The molecule has 0 aliphatic carbocycles. The van der Waals surface area contributed by atoms with E-state index >= 15 is 0 Å². The maximum absolute atomic E-state index is 14.3. The van der Waals surface area contributed by atoms with Crippen LogP contribution in [0, 0.1) is 11.6 Å². The van der Waals surface area contributed by atoms with Crippen LogP contribution in [0.3, 0.4) is 0 Å². The predicted octanol–water partition coefficient (Wildman–Crippen LogP) is 3.54. The molecule has 30 heavy (non-hydrogen) atoms. The van der Waals surface area contributed by atoms with E-state index in [-0.39, 0.29) is 29.2 Å². The Balaban J connectivity index is 1.71. The van der Waals surface area contributed by atoms with Gasteiger partial charge < -0.3 is 4.90 Å². The van der Waals surface area contributed by atoms with Crippen molar-refractivity contribution in [3.05, 3.63) is 70.0 Å². The van der Waals surface area contributed by atoms with Crippen molar-refractivity contribution >= 4 is 22.8 Å². The van der Waals surface area contributed by atoms with Gasteiger partial charge in [-0.2, -0.15) is 4.68 Å². The highest BCUT2D eigenvalue weighted by molar-refractivity contribution is 5.86. The van der Waals surface area contributed by atoms with Gasteiger partial charge in [0.1, 0.15) is 17.0 Å². The fourth-order valence-corrected chi connectivity index (χ4v) is 3.80. The van der Waals surface area contributed by atoms with Crippen molar-refractivity contribution in [1.29, 1.82) is 0 Å². The number of amides is 1. The molecule has 2 aromatic carbocycles. The van der Waals surface area contributed by atoms with Gasteiger partial charge in [0, 0.05) is 31.6 Å². The molecule has 8 heteroatoms. The Hall–Kier alpha value is -3.29. The molecule has 0 unspecified atom stereocenters. The van der Waals surface area contributed by atoms with Gasteiger partial charge in [-0.05, 0) is 24.3 Å². The van der Waals surface area contributed by atoms with Crippen LogP contribution in [0.15, 0.2) is 47.3 Å². The Morgan fingerprint density at radius 1 is 1.17 bits per heavy atom. The zero-order chi connectivity index (χ0) is 21.3. The van der Waals surface area contributed by atoms with Crippen molar-refractivity contribution in [2.24, 2.45) is 0 Å². The Morgan fingerprint density at radius 2 is 1.87 bits per heavy atom. The summed E-state index contributed by atoms with van der Waals surface area (Å²) in [7, 11) is 0. The van der Waals surface area contributed by atoms with Crippen LogP contribution in [0.5, 0.6) is 0 Å². The molecular weight excluding hydrogens is 390 g/mol. The van der Waals surface area contributed by atoms with Crippen LogP contribution < -0.4 is 15.9 Å². The smallest absolute Gasteiger partial charge is 0.284 e. The number of benzene rings is 2. The normalized spacial score (nSPS) is 14.8. The first kappa shape index (κ1) is 20.0. The second-order valence-electron chi connectivity index (χ2n) is 7.58. The third-order valence-corrected chi connectivity index (χ3v) is 5.36. The molecule has 1 aliphatic heterocycles. The molecule has 6 nitrogen and oxygen atoms in total. The molecule has 1 fully saturated rings. The van der Waals surface area contributed by atoms with Crippen LogP contribution in [0.25, 0.3) is 10.9 Å². The highest BCUT2D eigenvalue weighted by atomic mass is 19.1. The number of nitrogens with one attached hydrogen (secondary N) is 1. The number of carbonyl (C=O) groups is 1. The van der Waals surface area contributed by atoms with Crippen molar-refractivity contribution in [2.45, 2.75) is 32.1 Å². The molecule has 1 saturated heterocycles. The van der Waals surface area contributed by atoms with Gasteiger partial charge in [-0.1, -0.05) is 37.3 Å². The summed E-state index contributed by atoms with van der Waals surface area (Å²) in [5, 5.41) is -0.351. The first-order valence-electron chi connectivity index (χ1n) is 9.95. The highest BCUT2D eigenvalue weighted by Crippen LogP contribution is 2.22. The van der Waals surface area contributed by atoms with Crippen LogP contribution in [0.1, 0.15) is 37.7 Å². The molecule has 1 aliphatic rings. The average Bonchev–Trinajstić information content (AvgIpc) is 3.24. The summed E-state index contributed by atoms with van der Waals surface area (Å²) in [5.41, 5.74) is 2.76. The fourth-order valence-electron chi connectivity index (χ4n) is 3.80. The molecule has 3 aromatic rings. The molecule has 1 N–H and O–H groups in total. The van der Waals surface area contributed by atoms with E-state index in [1.54, 1.807) is 0 Å². The van der Waals surface area contributed by atoms with Gasteiger partial charge in [-0.25, -0.2) is 13.8 Å². The molecule has 0 spiro atoms. The molecule has 0 radical (unpaired) electrons. The van der Waals surface area contributed by atoms with E-state index in [4.69, 9.17) is 0 Å². The van der Waals surface area contributed by atoms with Crippen molar-refractivity contribution in [1.82, 2.24) is 9.66 Å². The standard InChI is InChI=1S/C22H22F2N4O2/c1-14(15-7-3-2-4-8-15)11-19(29)26-28-21(30)20-17(24)12-16(23)13-18(20)25-22(28)27-9-5-6-10-27/h2-4,7-8,12-14H,5-6,9-11H2,1H3,(H,26,29)/t14-/m0/s1. The number of carbonyl (C=O) groups excluding carboxylic acids is 1. The maximum Gasteiger partial charge on any atom is 0.284 e. The third kappa shape index (κ3) is 3.90. The molecule has 156 valence electrons. The van der Waals surface area contributed by atoms with Crippen molar-refractivity contribution in [2.75, 3.05) is 23.4 Å². The zero-order valence-electron chi connectivity index (χ0n) is 16.6. The summed E-state index contributed by atoms with van der Waals surface area (Å²) in [5.74, 6) is -2.08. The molecule has 4 rings (SSSR count). The van der Waals surface area contributed by atoms with Gasteiger partial charge in [0.25, 0.3) is 5.56 Å². The quantitative estimate of drug-likeness (QED) is 0.696. The summed E-state index contributed by atoms with van der Waals surface area (Å²) >= 11 is 0. The van der Waals surface area contributed by atoms with E-state index in [0.29, 0.717) is 19.2 Å². The number of hydrogen-bond acceptors (Lipinski definition) is 4. The van der Waals surface area contributed by atoms with Crippen LogP contribution in [0.4, 0.5) is 14.7 Å². The lowest BCUT2D eigenvalue weighted by Gasteiger charge is -2.22. The number of hydrogen-bond donors (Lipinski definition) is 1. The van der Waals surface area contributed by atoms with Crippen molar-refractivity contribution in [3.63, 3.8) is 0 Å². The number of anilines is 1. The summed E-state index contributed by atoms with van der Waals surface area (Å²) in [6.45, 7) is 3.21. The van der Waals surface area contributed by atoms with E-state index in [9.17, 15) is 18.4 Å². The lowest BCUT2D eigenvalue weighted by molar-refractivity contribution is -0.117. The molecule has 2 heterocycles. The lowest BCUT2D eigenvalue weighted by Crippen LogP contribution is -2.39. The molecule has 1 amide bonds. The Labute approximate surface area is 172 Å². The fraction of sp³-hybridized carbons (Fsp3) is 0.318. The molecular formula is C22H22F2N4O2. The highest BCUT2D eigenvalue weighted by Gasteiger charge is 2.23. The van der Waals surface area contributed by atoms with Gasteiger partial charge in [-0.3, -0.25) is 15.0 Å². The molecule has 1 atom stereocenters. The number of halogens is 2. The number of aromatic nitrogens is 2. The number of rotatable bonds is 5. The number of fused-ring (bicyclic) bond motifs is 1. The first-order chi connectivity index (χ1) is 14.4. The Morgan fingerprint density at radius 3 is 2.57 bits per heavy atom. The van der Waals surface area contributed by atoms with Crippen LogP contribution in [0.2, 0.25) is 0 Å². The SMILES string of the molecule is C[C@@H](CC(=O)Nn1c(N2CCCC2)nc2cc(F)cc(F)c2c1=O)c1ccccc1. The molecule has 0 bridgehead atoms.